The predicted molar refractivity (Wildman–Crippen MR) is 69.0 cm³/mol. The topological polar surface area (TPSA) is 74.2 Å². The highest BCUT2D eigenvalue weighted by atomic mass is 17.5. The number of unbranched alkanes of at least 4 members (excludes halogenated alkanes) is 5. The van der Waals surface area contributed by atoms with E-state index in [1.165, 1.54) is 0 Å². The molecule has 6 nitrogen and oxygen atoms in total. The van der Waals surface area contributed by atoms with Gasteiger partial charge in [-0.1, -0.05) is 30.7 Å². The second kappa shape index (κ2) is 13.7. The Morgan fingerprint density at radius 1 is 1.00 bits per heavy atom. The number of hydrogen-bond donors (Lipinski definition) is 1. The zero-order valence-electron chi connectivity index (χ0n) is 11.9. The summed E-state index contributed by atoms with van der Waals surface area (Å²) in [5, 5.41) is 12.9. The smallest absolute Gasteiger partial charge is 0.331 e. The van der Waals surface area contributed by atoms with Crippen LogP contribution in [0.4, 0.5) is 0 Å². The molecule has 0 spiro atoms. The summed E-state index contributed by atoms with van der Waals surface area (Å²) in [7, 11) is 0. The van der Waals surface area contributed by atoms with E-state index >= 15 is 0 Å². The molecule has 0 fully saturated rings. The van der Waals surface area contributed by atoms with Crippen molar-refractivity contribution >= 4 is 5.97 Å². The predicted octanol–water partition coefficient (Wildman–Crippen LogP) is 2.15. The first-order valence-electron chi connectivity index (χ1n) is 6.88. The molecular weight excluding hydrogens is 252 g/mol. The average Bonchev–Trinajstić information content (AvgIpc) is 2.39. The Morgan fingerprint density at radius 3 is 2.16 bits per heavy atom. The van der Waals surface area contributed by atoms with Gasteiger partial charge in [0.25, 0.3) is 0 Å². The van der Waals surface area contributed by atoms with Crippen molar-refractivity contribution in [2.45, 2.75) is 58.5 Å². The third-order valence-electron chi connectivity index (χ3n) is 2.29. The molecule has 0 aromatic carbocycles. The Bertz CT molecular complexity index is 207. The van der Waals surface area contributed by atoms with Crippen molar-refractivity contribution in [2.75, 3.05) is 19.8 Å². The van der Waals surface area contributed by atoms with E-state index in [1.807, 2.05) is 13.8 Å². The van der Waals surface area contributed by atoms with Crippen molar-refractivity contribution in [2.24, 2.45) is 0 Å². The number of hydrogen-bond acceptors (Lipinski definition) is 6. The van der Waals surface area contributed by atoms with E-state index in [4.69, 9.17) is 19.6 Å². The standard InChI is InChI=1S/C13H26O6/c1-12(2)18-19-17-10-8-6-4-3-5-7-9-16-13(15)11-14/h12,14H,3-11H2,1-2H3. The van der Waals surface area contributed by atoms with E-state index < -0.39 is 12.6 Å². The first-order valence-corrected chi connectivity index (χ1v) is 6.88. The molecule has 1 N–H and O–H groups in total. The van der Waals surface area contributed by atoms with E-state index in [-0.39, 0.29) is 6.10 Å². The molecule has 0 heterocycles. The molecule has 0 rings (SSSR count). The largest absolute Gasteiger partial charge is 0.464 e. The van der Waals surface area contributed by atoms with Gasteiger partial charge in [0.15, 0.2) is 0 Å². The quantitative estimate of drug-likeness (QED) is 0.241. The molecule has 19 heavy (non-hydrogen) atoms. The van der Waals surface area contributed by atoms with Crippen LogP contribution in [-0.4, -0.2) is 37.0 Å². The number of aliphatic hydroxyl groups is 1. The van der Waals surface area contributed by atoms with Gasteiger partial charge in [-0.25, -0.2) is 14.6 Å². The van der Waals surface area contributed by atoms with Crippen LogP contribution in [0.25, 0.3) is 0 Å². The minimum atomic E-state index is -0.555. The molecule has 0 bridgehead atoms. The lowest BCUT2D eigenvalue weighted by atomic mass is 10.1. The SMILES string of the molecule is CC(C)OOOCCCCCCCCOC(=O)CO. The maximum absolute atomic E-state index is 10.6. The first kappa shape index (κ1) is 18.3. The summed E-state index contributed by atoms with van der Waals surface area (Å²) < 4.78 is 4.74. The summed E-state index contributed by atoms with van der Waals surface area (Å²) in [4.78, 5) is 20.2. The van der Waals surface area contributed by atoms with Crippen LogP contribution in [0.15, 0.2) is 0 Å². The Balaban J connectivity index is 3.01. The average molecular weight is 278 g/mol. The van der Waals surface area contributed by atoms with Crippen molar-refractivity contribution in [3.63, 3.8) is 0 Å². The van der Waals surface area contributed by atoms with Gasteiger partial charge in [0.1, 0.15) is 6.61 Å². The Hall–Kier alpha value is -0.690. The fourth-order valence-electron chi connectivity index (χ4n) is 1.34. The highest BCUT2D eigenvalue weighted by molar-refractivity contribution is 5.70. The minimum absolute atomic E-state index is 0.0000613. The Morgan fingerprint density at radius 2 is 1.58 bits per heavy atom. The normalized spacial score (nSPS) is 10.9. The molecule has 0 atom stereocenters. The molecule has 6 heteroatoms. The molecule has 0 aliphatic carbocycles. The van der Waals surface area contributed by atoms with E-state index in [2.05, 4.69) is 5.04 Å². The summed E-state index contributed by atoms with van der Waals surface area (Å²) in [5.41, 5.74) is 0. The van der Waals surface area contributed by atoms with Gasteiger partial charge in [0.05, 0.1) is 19.3 Å². The van der Waals surface area contributed by atoms with Crippen LogP contribution in [-0.2, 0) is 24.3 Å². The van der Waals surface area contributed by atoms with Gasteiger partial charge >= 0.3 is 5.97 Å². The van der Waals surface area contributed by atoms with Crippen molar-refractivity contribution in [3.8, 4) is 0 Å². The van der Waals surface area contributed by atoms with Crippen LogP contribution in [0, 0.1) is 0 Å². The van der Waals surface area contributed by atoms with Crippen LogP contribution in [0.3, 0.4) is 0 Å². The molecule has 0 saturated carbocycles. The number of esters is 1. The van der Waals surface area contributed by atoms with Crippen molar-refractivity contribution < 1.29 is 29.5 Å². The van der Waals surface area contributed by atoms with Crippen molar-refractivity contribution in [3.05, 3.63) is 0 Å². The second-order valence-electron chi connectivity index (χ2n) is 4.53. The lowest BCUT2D eigenvalue weighted by Crippen LogP contribution is -2.09. The van der Waals surface area contributed by atoms with Crippen molar-refractivity contribution in [1.82, 2.24) is 0 Å². The van der Waals surface area contributed by atoms with Crippen molar-refractivity contribution in [1.29, 1.82) is 0 Å². The lowest BCUT2D eigenvalue weighted by molar-refractivity contribution is -0.523. The molecule has 0 aliphatic rings. The highest BCUT2D eigenvalue weighted by Crippen LogP contribution is 2.06. The van der Waals surface area contributed by atoms with Crippen LogP contribution in [0.1, 0.15) is 52.4 Å². The molecule has 0 aromatic rings. The minimum Gasteiger partial charge on any atom is -0.464 e. The van der Waals surface area contributed by atoms with Gasteiger partial charge in [-0.3, -0.25) is 0 Å². The molecule has 0 aromatic heterocycles. The summed E-state index contributed by atoms with van der Waals surface area (Å²) in [6, 6.07) is 0. The van der Waals surface area contributed by atoms with Gasteiger partial charge in [-0.2, -0.15) is 0 Å². The lowest BCUT2D eigenvalue weighted by Gasteiger charge is -2.05. The number of rotatable bonds is 13. The monoisotopic (exact) mass is 278 g/mol. The zero-order valence-corrected chi connectivity index (χ0v) is 11.9. The van der Waals surface area contributed by atoms with Gasteiger partial charge in [0, 0.05) is 0 Å². The molecule has 0 unspecified atom stereocenters. The molecule has 0 aliphatic heterocycles. The maximum atomic E-state index is 10.6. The van der Waals surface area contributed by atoms with Gasteiger partial charge in [0.2, 0.25) is 0 Å². The summed E-state index contributed by atoms with van der Waals surface area (Å²) in [6.45, 7) is 4.11. The number of carbonyl (C=O) groups is 1. The number of aliphatic hydroxyl groups excluding tert-OH is 1. The van der Waals surface area contributed by atoms with E-state index in [0.717, 1.165) is 38.5 Å². The van der Waals surface area contributed by atoms with E-state index in [1.54, 1.807) is 0 Å². The maximum Gasteiger partial charge on any atom is 0.331 e. The Labute approximate surface area is 114 Å². The third-order valence-corrected chi connectivity index (χ3v) is 2.29. The second-order valence-corrected chi connectivity index (χ2v) is 4.53. The van der Waals surface area contributed by atoms with E-state index in [9.17, 15) is 4.79 Å². The van der Waals surface area contributed by atoms with Gasteiger partial charge in [-0.15, -0.1) is 0 Å². The fraction of sp³-hybridized carbons (Fsp3) is 0.923. The summed E-state index contributed by atoms with van der Waals surface area (Å²) >= 11 is 0. The fourth-order valence-corrected chi connectivity index (χ4v) is 1.34. The summed E-state index contributed by atoms with van der Waals surface area (Å²) in [6.07, 6.45) is 6.07. The van der Waals surface area contributed by atoms with Crippen LogP contribution < -0.4 is 0 Å². The molecule has 0 saturated heterocycles. The third kappa shape index (κ3) is 15.3. The van der Waals surface area contributed by atoms with E-state index in [0.29, 0.717) is 13.2 Å². The molecular formula is C13H26O6. The van der Waals surface area contributed by atoms with Crippen LogP contribution >= 0.6 is 0 Å². The number of carbonyl (C=O) groups excluding carboxylic acids is 1. The molecule has 0 amide bonds. The molecule has 0 radical (unpaired) electrons. The van der Waals surface area contributed by atoms with Gasteiger partial charge in [-0.05, 0) is 26.7 Å². The highest BCUT2D eigenvalue weighted by Gasteiger charge is 1.99. The van der Waals surface area contributed by atoms with Crippen LogP contribution in [0.5, 0.6) is 0 Å². The van der Waals surface area contributed by atoms with Crippen LogP contribution in [0.2, 0.25) is 0 Å². The summed E-state index contributed by atoms with van der Waals surface area (Å²) in [5.74, 6) is -0.555. The zero-order chi connectivity index (χ0) is 14.3. The number of ether oxygens (including phenoxy) is 1. The first-order chi connectivity index (χ1) is 9.16. The van der Waals surface area contributed by atoms with Gasteiger partial charge < -0.3 is 9.84 Å². The Kier molecular flexibility index (Phi) is 13.2. The molecule has 114 valence electrons.